The zero-order valence-electron chi connectivity index (χ0n) is 14.3. The lowest BCUT2D eigenvalue weighted by Gasteiger charge is -2.25. The maximum atomic E-state index is 12.8. The van der Waals surface area contributed by atoms with Gasteiger partial charge in [-0.25, -0.2) is 0 Å². The van der Waals surface area contributed by atoms with Crippen molar-refractivity contribution >= 4 is 28.2 Å². The number of nitrogens with zero attached hydrogens (tertiary/aromatic N) is 2. The lowest BCUT2D eigenvalue weighted by molar-refractivity contribution is 0.0584. The van der Waals surface area contributed by atoms with Crippen molar-refractivity contribution in [3.63, 3.8) is 0 Å². The van der Waals surface area contributed by atoms with Gasteiger partial charge in [0.15, 0.2) is 11.5 Å². The minimum atomic E-state index is -0.735. The van der Waals surface area contributed by atoms with Crippen LogP contribution >= 0.6 is 11.3 Å². The van der Waals surface area contributed by atoms with Gasteiger partial charge in [0.05, 0.1) is 48.4 Å². The quantitative estimate of drug-likeness (QED) is 0.783. The van der Waals surface area contributed by atoms with Crippen molar-refractivity contribution in [2.24, 2.45) is 0 Å². The molecule has 1 aromatic carbocycles. The van der Waals surface area contributed by atoms with Crippen LogP contribution in [0.15, 0.2) is 23.6 Å². The van der Waals surface area contributed by atoms with Crippen LogP contribution in [-0.2, 0) is 0 Å². The molecule has 3 rings (SSSR count). The Bertz CT molecular complexity index is 916. The number of carbonyl (C=O) groups excluding carboxylic acids is 2. The first-order valence-electron chi connectivity index (χ1n) is 7.96. The highest BCUT2D eigenvalue weighted by Crippen LogP contribution is 2.40. The highest BCUT2D eigenvalue weighted by molar-refractivity contribution is 7.14. The van der Waals surface area contributed by atoms with Crippen LogP contribution in [0.5, 0.6) is 11.5 Å². The van der Waals surface area contributed by atoms with Gasteiger partial charge in [0.1, 0.15) is 0 Å². The number of nitrogens with two attached hydrogens (primary N) is 1. The van der Waals surface area contributed by atoms with Crippen LogP contribution in [0.3, 0.4) is 0 Å². The van der Waals surface area contributed by atoms with Gasteiger partial charge in [-0.3, -0.25) is 14.5 Å². The van der Waals surface area contributed by atoms with E-state index in [0.717, 1.165) is 16.2 Å². The van der Waals surface area contributed by atoms with E-state index in [1.54, 1.807) is 23.6 Å². The molecule has 8 heteroatoms. The number of anilines is 1. The topological polar surface area (TPSA) is 106 Å². The van der Waals surface area contributed by atoms with Crippen molar-refractivity contribution in [1.29, 1.82) is 5.26 Å². The number of amides is 2. The molecule has 1 aliphatic rings. The smallest absolute Gasteiger partial charge is 0.265 e. The first kappa shape index (κ1) is 17.8. The van der Waals surface area contributed by atoms with Gasteiger partial charge in [0.2, 0.25) is 0 Å². The lowest BCUT2D eigenvalue weighted by atomic mass is 10.0. The van der Waals surface area contributed by atoms with Crippen LogP contribution < -0.4 is 15.2 Å². The molecule has 2 N–H and O–H groups in total. The summed E-state index contributed by atoms with van der Waals surface area (Å²) in [4.78, 5) is 26.6. The van der Waals surface area contributed by atoms with Crippen LogP contribution in [0.2, 0.25) is 0 Å². The number of imide groups is 1. The van der Waals surface area contributed by atoms with E-state index in [4.69, 9.17) is 15.2 Å². The van der Waals surface area contributed by atoms with Crippen LogP contribution in [0.25, 0.3) is 0 Å². The Morgan fingerprint density at radius 1 is 1.31 bits per heavy atom. The first-order valence-corrected chi connectivity index (χ1v) is 8.83. The normalized spacial score (nSPS) is 14.1. The largest absolute Gasteiger partial charge is 0.493 e. The van der Waals surface area contributed by atoms with Gasteiger partial charge >= 0.3 is 0 Å². The molecule has 26 heavy (non-hydrogen) atoms. The zero-order valence-corrected chi connectivity index (χ0v) is 15.1. The predicted octanol–water partition coefficient (Wildman–Crippen LogP) is 2.99. The van der Waals surface area contributed by atoms with E-state index in [0.29, 0.717) is 34.2 Å². The summed E-state index contributed by atoms with van der Waals surface area (Å²) in [6, 6.07) is 6.43. The third-order valence-corrected chi connectivity index (χ3v) is 4.98. The number of rotatable bonds is 6. The SMILES string of the molecule is CCOc1ccc(C(CC#N)N2C(=O)c3csc(N)c3C2=O)cc1OC. The zero-order chi connectivity index (χ0) is 18.8. The molecule has 0 saturated carbocycles. The molecule has 0 spiro atoms. The minimum Gasteiger partial charge on any atom is -0.493 e. The summed E-state index contributed by atoms with van der Waals surface area (Å²) in [6.07, 6.45) is -0.0395. The molecule has 2 amide bonds. The van der Waals surface area contributed by atoms with E-state index >= 15 is 0 Å². The molecular weight excluding hydrogens is 354 g/mol. The molecule has 2 aromatic rings. The third-order valence-electron chi connectivity index (χ3n) is 4.17. The van der Waals surface area contributed by atoms with Crippen molar-refractivity contribution < 1.29 is 19.1 Å². The second-order valence-corrected chi connectivity index (χ2v) is 6.50. The Kier molecular flexibility index (Phi) is 4.82. The van der Waals surface area contributed by atoms with E-state index in [9.17, 15) is 14.9 Å². The summed E-state index contributed by atoms with van der Waals surface area (Å²) < 4.78 is 10.8. The molecule has 1 unspecified atom stereocenters. The molecule has 134 valence electrons. The first-order chi connectivity index (χ1) is 12.5. The molecule has 7 nitrogen and oxygen atoms in total. The average Bonchev–Trinajstić information content (AvgIpc) is 3.13. The van der Waals surface area contributed by atoms with Crippen LogP contribution in [0.1, 0.15) is 45.7 Å². The Balaban J connectivity index is 2.02. The van der Waals surface area contributed by atoms with Gasteiger partial charge in [0, 0.05) is 5.38 Å². The van der Waals surface area contributed by atoms with Gasteiger partial charge in [-0.05, 0) is 24.6 Å². The number of nitrogen functional groups attached to an aromatic ring is 1. The Morgan fingerprint density at radius 3 is 2.69 bits per heavy atom. The molecule has 0 radical (unpaired) electrons. The summed E-state index contributed by atoms with van der Waals surface area (Å²) in [5.74, 6) is 0.111. The van der Waals surface area contributed by atoms with Crippen LogP contribution in [-0.4, -0.2) is 30.4 Å². The number of carbonyl (C=O) groups is 2. The maximum Gasteiger partial charge on any atom is 0.265 e. The number of benzene rings is 1. The molecule has 0 fully saturated rings. The van der Waals surface area contributed by atoms with Crippen molar-refractivity contribution in [3.05, 3.63) is 40.3 Å². The van der Waals surface area contributed by atoms with Crippen molar-refractivity contribution in [1.82, 2.24) is 4.90 Å². The van der Waals surface area contributed by atoms with Gasteiger partial charge in [-0.15, -0.1) is 11.3 Å². The fraction of sp³-hybridized carbons (Fsp3) is 0.278. The lowest BCUT2D eigenvalue weighted by Crippen LogP contribution is -2.34. The third kappa shape index (κ3) is 2.76. The summed E-state index contributed by atoms with van der Waals surface area (Å²) in [7, 11) is 1.50. The Hall–Kier alpha value is -3.05. The summed E-state index contributed by atoms with van der Waals surface area (Å²) in [5, 5.41) is 11.1. The Labute approximate surface area is 154 Å². The van der Waals surface area contributed by atoms with Gasteiger partial charge in [-0.1, -0.05) is 6.07 Å². The highest BCUT2D eigenvalue weighted by atomic mass is 32.1. The highest BCUT2D eigenvalue weighted by Gasteiger charge is 2.43. The van der Waals surface area contributed by atoms with E-state index in [-0.39, 0.29) is 12.0 Å². The number of hydrogen-bond donors (Lipinski definition) is 1. The molecule has 1 atom stereocenters. The van der Waals surface area contributed by atoms with Crippen LogP contribution in [0.4, 0.5) is 5.00 Å². The minimum absolute atomic E-state index is 0.0395. The number of thiophene rings is 1. The maximum absolute atomic E-state index is 12.8. The second-order valence-electron chi connectivity index (χ2n) is 5.59. The Morgan fingerprint density at radius 2 is 2.08 bits per heavy atom. The molecular formula is C18H17N3O4S. The van der Waals surface area contributed by atoms with E-state index < -0.39 is 17.9 Å². The fourth-order valence-electron chi connectivity index (χ4n) is 2.99. The summed E-state index contributed by atoms with van der Waals surface area (Å²) in [5.41, 5.74) is 6.96. The standard InChI is InChI=1S/C18H17N3O4S/c1-3-25-13-5-4-10(8-14(13)24-2)12(6-7-19)21-17(22)11-9-26-16(20)15(11)18(21)23/h4-5,8-9,12H,3,6,20H2,1-2H3. The van der Waals surface area contributed by atoms with Gasteiger partial charge in [0.25, 0.3) is 11.8 Å². The molecule has 0 saturated heterocycles. The van der Waals surface area contributed by atoms with Crippen molar-refractivity contribution in [2.75, 3.05) is 19.5 Å². The summed E-state index contributed by atoms with van der Waals surface area (Å²) >= 11 is 1.16. The number of ether oxygens (including phenoxy) is 2. The van der Waals surface area contributed by atoms with Crippen molar-refractivity contribution in [3.8, 4) is 17.6 Å². The number of hydrogen-bond acceptors (Lipinski definition) is 7. The number of nitriles is 1. The van der Waals surface area contributed by atoms with E-state index in [1.807, 2.05) is 13.0 Å². The van der Waals surface area contributed by atoms with Gasteiger partial charge in [-0.2, -0.15) is 5.26 Å². The second kappa shape index (κ2) is 7.06. The van der Waals surface area contributed by atoms with Crippen LogP contribution in [0, 0.1) is 11.3 Å². The molecule has 0 aliphatic carbocycles. The number of methoxy groups -OCH3 is 1. The monoisotopic (exact) mass is 371 g/mol. The fourth-order valence-corrected chi connectivity index (χ4v) is 3.77. The van der Waals surface area contributed by atoms with E-state index in [2.05, 4.69) is 0 Å². The molecule has 0 bridgehead atoms. The van der Waals surface area contributed by atoms with Crippen molar-refractivity contribution in [2.45, 2.75) is 19.4 Å². The van der Waals surface area contributed by atoms with Gasteiger partial charge < -0.3 is 15.2 Å². The predicted molar refractivity (Wildman–Crippen MR) is 96.4 cm³/mol. The average molecular weight is 371 g/mol. The molecule has 1 aliphatic heterocycles. The van der Waals surface area contributed by atoms with E-state index in [1.165, 1.54) is 7.11 Å². The molecule has 2 heterocycles. The molecule has 1 aromatic heterocycles. The summed E-state index contributed by atoms with van der Waals surface area (Å²) in [6.45, 7) is 2.33. The number of fused-ring (bicyclic) bond motifs is 1.